The lowest BCUT2D eigenvalue weighted by Gasteiger charge is -1.98. The minimum atomic E-state index is -0.853. The number of nitrogens with one attached hydrogen (secondary N) is 1. The van der Waals surface area contributed by atoms with Crippen LogP contribution in [-0.4, -0.2) is 30.7 Å². The number of aryl methyl sites for hydroxylation is 1. The van der Waals surface area contributed by atoms with E-state index >= 15 is 0 Å². The minimum absolute atomic E-state index is 0.160. The third-order valence-corrected chi connectivity index (χ3v) is 2.98. The molecule has 0 spiro atoms. The summed E-state index contributed by atoms with van der Waals surface area (Å²) in [6.07, 6.45) is 5.51. The largest absolute Gasteiger partial charge is 0.322 e. The van der Waals surface area contributed by atoms with Gasteiger partial charge in [-0.15, -0.1) is 4.91 Å². The molecule has 0 saturated carbocycles. The Balaban J connectivity index is 2.27. The van der Waals surface area contributed by atoms with Gasteiger partial charge in [0.25, 0.3) is 0 Å². The maximum atomic E-state index is 11.7. The summed E-state index contributed by atoms with van der Waals surface area (Å²) in [7, 11) is 0. The van der Waals surface area contributed by atoms with Crippen molar-refractivity contribution >= 4 is 11.6 Å². The van der Waals surface area contributed by atoms with Gasteiger partial charge < -0.3 is 0 Å². The molecule has 0 aromatic carbocycles. The first kappa shape index (κ1) is 12.2. The van der Waals surface area contributed by atoms with Crippen molar-refractivity contribution in [1.82, 2.24) is 24.8 Å². The monoisotopic (exact) mass is 270 g/mol. The maximum Gasteiger partial charge on any atom is 0.322 e. The molecule has 0 aliphatic heterocycles. The van der Waals surface area contributed by atoms with Crippen LogP contribution in [0.25, 0.3) is 16.9 Å². The fourth-order valence-corrected chi connectivity index (χ4v) is 2.04. The molecule has 0 unspecified atom stereocenters. The fourth-order valence-electron chi connectivity index (χ4n) is 2.04. The Morgan fingerprint density at radius 3 is 3.00 bits per heavy atom. The lowest BCUT2D eigenvalue weighted by Crippen LogP contribution is -1.99. The Hall–Kier alpha value is -2.90. The number of H-pyrrole nitrogens is 1. The number of hydrogen-bond acceptors (Lipinski definition) is 5. The third kappa shape index (κ3) is 1.78. The van der Waals surface area contributed by atoms with Crippen molar-refractivity contribution in [2.24, 2.45) is 5.18 Å². The van der Waals surface area contributed by atoms with E-state index in [0.717, 1.165) is 5.56 Å². The quantitative estimate of drug-likeness (QED) is 0.727. The van der Waals surface area contributed by atoms with E-state index in [1.165, 1.54) is 4.52 Å². The van der Waals surface area contributed by atoms with Crippen molar-refractivity contribution in [3.05, 3.63) is 40.8 Å². The molecule has 1 amide bonds. The number of carbonyl (C=O) groups excluding carboxylic acids is 1. The average molecular weight is 270 g/mol. The number of nitrogens with zero attached hydrogens (tertiary/aromatic N) is 5. The SMILES string of the molecule is CCc1nn2ccc(-c3cn[nH]c3)nc2c1C(=O)N=O. The second-order valence-electron chi connectivity index (χ2n) is 4.14. The molecule has 0 aliphatic rings. The molecule has 0 atom stereocenters. The number of aromatic amines is 1. The van der Waals surface area contributed by atoms with Gasteiger partial charge in [-0.05, 0) is 12.5 Å². The average Bonchev–Trinajstić information content (AvgIpc) is 3.12. The summed E-state index contributed by atoms with van der Waals surface area (Å²) in [6.45, 7) is 1.85. The van der Waals surface area contributed by atoms with Crippen LogP contribution < -0.4 is 0 Å². The van der Waals surface area contributed by atoms with Crippen LogP contribution in [0.3, 0.4) is 0 Å². The molecule has 0 aliphatic carbocycles. The number of hydrogen-bond donors (Lipinski definition) is 1. The molecular formula is C12H10N6O2. The highest BCUT2D eigenvalue weighted by Gasteiger charge is 2.21. The zero-order chi connectivity index (χ0) is 14.1. The standard InChI is InChI=1S/C12H10N6O2/c1-2-8-10(12(19)17-20)11-15-9(3-4-18(11)16-8)7-5-13-14-6-7/h3-6H,2H2,1H3,(H,13,14). The van der Waals surface area contributed by atoms with Gasteiger partial charge in [0.2, 0.25) is 0 Å². The van der Waals surface area contributed by atoms with Gasteiger partial charge in [-0.1, -0.05) is 6.92 Å². The third-order valence-electron chi connectivity index (χ3n) is 2.98. The van der Waals surface area contributed by atoms with E-state index in [-0.39, 0.29) is 5.56 Å². The van der Waals surface area contributed by atoms with Crippen molar-refractivity contribution < 1.29 is 4.79 Å². The van der Waals surface area contributed by atoms with Crippen LogP contribution in [0.1, 0.15) is 23.0 Å². The maximum absolute atomic E-state index is 11.7. The molecule has 0 fully saturated rings. The number of carbonyl (C=O) groups is 1. The summed E-state index contributed by atoms with van der Waals surface area (Å²) in [5.74, 6) is -0.853. The van der Waals surface area contributed by atoms with Gasteiger partial charge in [-0.3, -0.25) is 9.89 Å². The van der Waals surface area contributed by atoms with Gasteiger partial charge in [-0.25, -0.2) is 9.50 Å². The van der Waals surface area contributed by atoms with Crippen LogP contribution in [-0.2, 0) is 6.42 Å². The van der Waals surface area contributed by atoms with E-state index in [9.17, 15) is 9.70 Å². The van der Waals surface area contributed by atoms with E-state index in [1.807, 2.05) is 6.92 Å². The summed E-state index contributed by atoms with van der Waals surface area (Å²) >= 11 is 0. The van der Waals surface area contributed by atoms with Gasteiger partial charge in [0, 0.05) is 23.1 Å². The van der Waals surface area contributed by atoms with Gasteiger partial charge in [0.05, 0.1) is 17.6 Å². The van der Waals surface area contributed by atoms with Crippen molar-refractivity contribution in [1.29, 1.82) is 0 Å². The number of rotatable bonds is 3. The number of fused-ring (bicyclic) bond motifs is 1. The molecule has 0 saturated heterocycles. The fraction of sp³-hybridized carbons (Fsp3) is 0.167. The molecule has 3 aromatic heterocycles. The Morgan fingerprint density at radius 2 is 2.35 bits per heavy atom. The van der Waals surface area contributed by atoms with Crippen LogP contribution in [0, 0.1) is 4.91 Å². The highest BCUT2D eigenvalue weighted by atomic mass is 16.3. The summed E-state index contributed by atoms with van der Waals surface area (Å²) < 4.78 is 1.47. The van der Waals surface area contributed by atoms with Gasteiger partial charge in [0.1, 0.15) is 5.56 Å². The second-order valence-corrected chi connectivity index (χ2v) is 4.14. The summed E-state index contributed by atoms with van der Waals surface area (Å²) in [5.41, 5.74) is 2.41. The van der Waals surface area contributed by atoms with Crippen molar-refractivity contribution in [3.8, 4) is 11.3 Å². The predicted octanol–water partition coefficient (Wildman–Crippen LogP) is 1.59. The first-order chi connectivity index (χ1) is 9.74. The second kappa shape index (κ2) is 4.65. The minimum Gasteiger partial charge on any atom is -0.285 e. The molecule has 100 valence electrons. The first-order valence-corrected chi connectivity index (χ1v) is 5.99. The van der Waals surface area contributed by atoms with Crippen molar-refractivity contribution in [2.45, 2.75) is 13.3 Å². The Bertz CT molecular complexity index is 790. The van der Waals surface area contributed by atoms with E-state index in [1.54, 1.807) is 24.7 Å². The van der Waals surface area contributed by atoms with Crippen LogP contribution >= 0.6 is 0 Å². The van der Waals surface area contributed by atoms with Gasteiger partial charge >= 0.3 is 5.91 Å². The molecular weight excluding hydrogens is 260 g/mol. The molecule has 0 bridgehead atoms. The molecule has 1 N–H and O–H groups in total. The number of nitroso groups, excluding NO2 is 1. The molecule has 0 radical (unpaired) electrons. The molecule has 8 nitrogen and oxygen atoms in total. The van der Waals surface area contributed by atoms with Crippen LogP contribution in [0.4, 0.5) is 0 Å². The van der Waals surface area contributed by atoms with Gasteiger partial charge in [0.15, 0.2) is 5.65 Å². The molecule has 20 heavy (non-hydrogen) atoms. The van der Waals surface area contributed by atoms with E-state index in [4.69, 9.17) is 0 Å². The molecule has 3 heterocycles. The Labute approximate surface area is 112 Å². The van der Waals surface area contributed by atoms with E-state index in [0.29, 0.717) is 23.5 Å². The number of amides is 1. The van der Waals surface area contributed by atoms with Crippen LogP contribution in [0.5, 0.6) is 0 Å². The summed E-state index contributed by atoms with van der Waals surface area (Å²) in [4.78, 5) is 26.6. The molecule has 3 rings (SSSR count). The van der Waals surface area contributed by atoms with Crippen LogP contribution in [0.2, 0.25) is 0 Å². The normalized spacial score (nSPS) is 10.8. The highest BCUT2D eigenvalue weighted by molar-refractivity contribution is 6.01. The zero-order valence-electron chi connectivity index (χ0n) is 10.6. The number of aromatic nitrogens is 5. The predicted molar refractivity (Wildman–Crippen MR) is 70.1 cm³/mol. The topological polar surface area (TPSA) is 105 Å². The van der Waals surface area contributed by atoms with E-state index < -0.39 is 5.91 Å². The highest BCUT2D eigenvalue weighted by Crippen LogP contribution is 2.20. The molecule has 3 aromatic rings. The smallest absolute Gasteiger partial charge is 0.285 e. The Morgan fingerprint density at radius 1 is 1.50 bits per heavy atom. The zero-order valence-corrected chi connectivity index (χ0v) is 10.6. The lowest BCUT2D eigenvalue weighted by molar-refractivity contribution is 0.100. The molecule has 8 heteroatoms. The summed E-state index contributed by atoms with van der Waals surface area (Å²) in [6, 6.07) is 1.76. The first-order valence-electron chi connectivity index (χ1n) is 5.99. The van der Waals surface area contributed by atoms with E-state index in [2.05, 4.69) is 25.5 Å². The van der Waals surface area contributed by atoms with Gasteiger partial charge in [-0.2, -0.15) is 10.2 Å². The van der Waals surface area contributed by atoms with Crippen molar-refractivity contribution in [3.63, 3.8) is 0 Å². The lowest BCUT2D eigenvalue weighted by atomic mass is 10.2. The van der Waals surface area contributed by atoms with Crippen LogP contribution in [0.15, 0.2) is 29.8 Å². The Kier molecular flexibility index (Phi) is 2.82. The van der Waals surface area contributed by atoms with Crippen molar-refractivity contribution in [2.75, 3.05) is 0 Å². The summed E-state index contributed by atoms with van der Waals surface area (Å²) in [5, 5.41) is 13.3.